The molecule has 2 atom stereocenters. The van der Waals surface area contributed by atoms with Crippen LogP contribution in [0.5, 0.6) is 0 Å². The van der Waals surface area contributed by atoms with E-state index in [4.69, 9.17) is 11.3 Å². The molecule has 2 aliphatic rings. The van der Waals surface area contributed by atoms with Crippen LogP contribution in [-0.2, 0) is 11.3 Å². The zero-order valence-electron chi connectivity index (χ0n) is 17.6. The molecule has 164 valence electrons. The Kier molecular flexibility index (Phi) is 4.66. The van der Waals surface area contributed by atoms with Crippen molar-refractivity contribution in [1.82, 2.24) is 9.55 Å². The summed E-state index contributed by atoms with van der Waals surface area (Å²) in [6.07, 6.45) is 4.02. The number of para-hydroxylation sites is 1. The van der Waals surface area contributed by atoms with E-state index in [0.29, 0.717) is 25.1 Å². The Morgan fingerprint density at radius 1 is 1.22 bits per heavy atom. The molecule has 6 nitrogen and oxygen atoms in total. The quantitative estimate of drug-likeness (QED) is 0.485. The lowest BCUT2D eigenvalue weighted by atomic mass is 9.68. The van der Waals surface area contributed by atoms with Gasteiger partial charge in [0.15, 0.2) is 5.69 Å². The van der Waals surface area contributed by atoms with Gasteiger partial charge in [0.25, 0.3) is 0 Å². The van der Waals surface area contributed by atoms with Crippen molar-refractivity contribution in [2.75, 3.05) is 11.4 Å². The number of carbonyl (C=O) groups excluding carboxylic acids is 1. The fourth-order valence-corrected chi connectivity index (χ4v) is 5.34. The molecule has 0 unspecified atom stereocenters. The van der Waals surface area contributed by atoms with Crippen molar-refractivity contribution in [2.45, 2.75) is 44.8 Å². The normalized spacial score (nSPS) is 25.3. The monoisotopic (exact) mass is 436 g/mol. The van der Waals surface area contributed by atoms with E-state index in [9.17, 15) is 13.6 Å². The van der Waals surface area contributed by atoms with Gasteiger partial charge in [-0.15, -0.1) is 0 Å². The summed E-state index contributed by atoms with van der Waals surface area (Å²) in [5.74, 6) is -1.56. The van der Waals surface area contributed by atoms with Gasteiger partial charge in [-0.05, 0) is 55.4 Å². The number of hydrogen-bond donors (Lipinski definition) is 0. The molecule has 1 spiro atoms. The Balaban J connectivity index is 1.42. The number of hydrogen-bond acceptors (Lipinski definition) is 3. The molecule has 5 rings (SSSR count). The van der Waals surface area contributed by atoms with Crippen LogP contribution in [0, 0.1) is 23.6 Å². The summed E-state index contributed by atoms with van der Waals surface area (Å²) in [5, 5.41) is 0. The second-order valence-corrected chi connectivity index (χ2v) is 9.21. The van der Waals surface area contributed by atoms with Gasteiger partial charge in [-0.3, -0.25) is 4.90 Å². The van der Waals surface area contributed by atoms with Crippen molar-refractivity contribution in [3.05, 3.63) is 65.8 Å². The van der Waals surface area contributed by atoms with Crippen LogP contribution in [0.3, 0.4) is 0 Å². The number of fused-ring (bicyclic) bond motifs is 1. The summed E-state index contributed by atoms with van der Waals surface area (Å²) >= 11 is 0. The largest absolute Gasteiger partial charge is 0.441 e. The molecule has 0 bridgehead atoms. The number of nitrogens with zero attached hydrogens (tertiary/aromatic N) is 4. The molecule has 3 aromatic rings. The second-order valence-electron chi connectivity index (χ2n) is 9.21. The molecule has 0 radical (unpaired) electrons. The number of carbonyl (C=O) groups is 1. The lowest BCUT2D eigenvalue weighted by molar-refractivity contribution is -0.0264. The Labute approximate surface area is 184 Å². The lowest BCUT2D eigenvalue weighted by Gasteiger charge is -2.43. The molecule has 2 heterocycles. The molecule has 0 N–H and O–H groups in total. The number of anilines is 1. The first-order chi connectivity index (χ1) is 15.3. The lowest BCUT2D eigenvalue weighted by Crippen LogP contribution is -2.45. The third kappa shape index (κ3) is 3.38. The van der Waals surface area contributed by atoms with E-state index < -0.39 is 23.3 Å². The predicted molar refractivity (Wildman–Crippen MR) is 115 cm³/mol. The zero-order chi connectivity index (χ0) is 22.5. The van der Waals surface area contributed by atoms with Gasteiger partial charge in [0.2, 0.25) is 0 Å². The highest BCUT2D eigenvalue weighted by atomic mass is 19.1. The van der Waals surface area contributed by atoms with Gasteiger partial charge in [0.1, 0.15) is 22.9 Å². The maximum atomic E-state index is 14.3. The van der Waals surface area contributed by atoms with E-state index in [1.54, 1.807) is 12.4 Å². The summed E-state index contributed by atoms with van der Waals surface area (Å²) in [6.45, 7) is 10.2. The number of rotatable bonds is 3. The average molecular weight is 436 g/mol. The van der Waals surface area contributed by atoms with Gasteiger partial charge < -0.3 is 9.30 Å². The molecule has 1 aliphatic carbocycles. The first-order valence-corrected chi connectivity index (χ1v) is 10.6. The summed E-state index contributed by atoms with van der Waals surface area (Å²) in [7, 11) is 0. The molecule has 2 aromatic carbocycles. The summed E-state index contributed by atoms with van der Waals surface area (Å²) in [4.78, 5) is 21.7. The molecular weight excluding hydrogens is 414 g/mol. The first-order valence-electron chi connectivity index (χ1n) is 10.6. The van der Waals surface area contributed by atoms with Crippen molar-refractivity contribution in [1.29, 1.82) is 0 Å². The van der Waals surface area contributed by atoms with Crippen molar-refractivity contribution >= 4 is 28.5 Å². The molecule has 1 aliphatic heterocycles. The van der Waals surface area contributed by atoms with Gasteiger partial charge >= 0.3 is 6.09 Å². The number of ether oxygens (including phenoxy) is 1. The minimum Gasteiger partial charge on any atom is -0.441 e. The van der Waals surface area contributed by atoms with Gasteiger partial charge in [0.05, 0.1) is 30.5 Å². The number of halogens is 2. The zero-order valence-corrected chi connectivity index (χ0v) is 17.6. The molecule has 2 fully saturated rings. The van der Waals surface area contributed by atoms with Crippen LogP contribution in [-0.4, -0.2) is 27.8 Å². The summed E-state index contributed by atoms with van der Waals surface area (Å²) < 4.78 is 36.5. The second kappa shape index (κ2) is 7.30. The van der Waals surface area contributed by atoms with Gasteiger partial charge in [-0.2, -0.15) is 0 Å². The molecule has 1 aromatic heterocycles. The van der Waals surface area contributed by atoms with Crippen molar-refractivity contribution < 1.29 is 18.3 Å². The third-order valence-electron chi connectivity index (χ3n) is 6.63. The first kappa shape index (κ1) is 20.4. The molecule has 1 saturated carbocycles. The highest BCUT2D eigenvalue weighted by Gasteiger charge is 2.52. The Hall–Kier alpha value is -3.47. The molecular formula is C24H22F2N4O2. The van der Waals surface area contributed by atoms with Crippen molar-refractivity contribution in [2.24, 2.45) is 5.41 Å². The Morgan fingerprint density at radius 2 is 2.00 bits per heavy atom. The van der Waals surface area contributed by atoms with Crippen molar-refractivity contribution in [3.63, 3.8) is 0 Å². The topological polar surface area (TPSA) is 51.7 Å². The van der Waals surface area contributed by atoms with E-state index in [1.165, 1.54) is 6.07 Å². The Morgan fingerprint density at radius 3 is 2.75 bits per heavy atom. The highest BCUT2D eigenvalue weighted by Crippen LogP contribution is 2.48. The predicted octanol–water partition coefficient (Wildman–Crippen LogP) is 5.84. The number of amides is 1. The molecule has 1 amide bonds. The van der Waals surface area contributed by atoms with Crippen LogP contribution < -0.4 is 4.90 Å². The van der Waals surface area contributed by atoms with Crippen LogP contribution in [0.1, 0.15) is 32.6 Å². The minimum atomic E-state index is -0.795. The fraction of sp³-hybridized carbons (Fsp3) is 0.375. The fourth-order valence-electron chi connectivity index (χ4n) is 5.34. The van der Waals surface area contributed by atoms with Crippen LogP contribution in [0.15, 0.2) is 42.7 Å². The number of benzene rings is 2. The summed E-state index contributed by atoms with van der Waals surface area (Å²) in [5.41, 5.74) is 0.893. The maximum absolute atomic E-state index is 14.3. The molecule has 32 heavy (non-hydrogen) atoms. The molecule has 1 saturated heterocycles. The maximum Gasteiger partial charge on any atom is 0.415 e. The number of aromatic nitrogens is 2. The SMILES string of the molecule is [C-]#[N+]c1ccc2ncn(C[C@@]3(C)CCC[C@@]4(CN(c5c(F)cccc5F)C(=O)O4)C3)c2c1. The van der Waals surface area contributed by atoms with Crippen LogP contribution in [0.4, 0.5) is 25.0 Å². The van der Waals surface area contributed by atoms with Gasteiger partial charge in [-0.1, -0.05) is 19.1 Å². The van der Waals surface area contributed by atoms with Crippen LogP contribution in [0.25, 0.3) is 15.9 Å². The van der Waals surface area contributed by atoms with E-state index in [0.717, 1.165) is 40.9 Å². The average Bonchev–Trinajstić information content (AvgIpc) is 3.27. The van der Waals surface area contributed by atoms with E-state index >= 15 is 0 Å². The van der Waals surface area contributed by atoms with Crippen molar-refractivity contribution in [3.8, 4) is 0 Å². The van der Waals surface area contributed by atoms with Crippen LogP contribution in [0.2, 0.25) is 0 Å². The highest BCUT2D eigenvalue weighted by molar-refractivity contribution is 5.90. The summed E-state index contributed by atoms with van der Waals surface area (Å²) in [6, 6.07) is 8.97. The minimum absolute atomic E-state index is 0.117. The van der Waals surface area contributed by atoms with Crippen LogP contribution >= 0.6 is 0 Å². The smallest absolute Gasteiger partial charge is 0.415 e. The van der Waals surface area contributed by atoms with Gasteiger partial charge in [0, 0.05) is 6.54 Å². The van der Waals surface area contributed by atoms with E-state index in [1.807, 2.05) is 16.7 Å². The Bertz CT molecular complexity index is 1250. The molecule has 8 heteroatoms. The standard InChI is InChI=1S/C24H22F2N4O2/c1-23(13-29-15-28-19-8-7-16(27-2)11-20(19)29)9-4-10-24(12-23)14-30(22(31)32-24)21-17(25)5-3-6-18(21)26/h3,5-8,11,15H,4,9-10,12-14H2,1H3/t23-,24-/m0/s1. The van der Waals surface area contributed by atoms with E-state index in [2.05, 4.69) is 16.8 Å². The van der Waals surface area contributed by atoms with E-state index in [-0.39, 0.29) is 17.6 Å². The number of imidazole rings is 1. The van der Waals surface area contributed by atoms with Gasteiger partial charge in [-0.25, -0.2) is 23.4 Å². The third-order valence-corrected chi connectivity index (χ3v) is 6.63.